The molecule has 0 amide bonds. The van der Waals surface area contributed by atoms with Gasteiger partial charge in [-0.1, -0.05) is 62.2 Å². The third kappa shape index (κ3) is 3.72. The molecule has 0 aromatic heterocycles. The minimum absolute atomic E-state index is 0.0162. The van der Waals surface area contributed by atoms with Crippen LogP contribution in [0, 0.1) is 40.9 Å². The molecule has 5 heteroatoms. The second-order valence-electron chi connectivity index (χ2n) is 13.0. The quantitative estimate of drug-likeness (QED) is 0.366. The predicted molar refractivity (Wildman–Crippen MR) is 138 cm³/mol. The Morgan fingerprint density at radius 1 is 1.00 bits per heavy atom. The van der Waals surface area contributed by atoms with E-state index in [0.717, 1.165) is 44.1 Å². The van der Waals surface area contributed by atoms with E-state index in [1.165, 1.54) is 5.57 Å². The highest BCUT2D eigenvalue weighted by Gasteiger charge is 2.64. The number of fused-ring (bicyclic) bond motifs is 5. The predicted octanol–water partition coefficient (Wildman–Crippen LogP) is 6.38. The summed E-state index contributed by atoms with van der Waals surface area (Å²) in [6.07, 6.45) is 7.95. The number of carbonyl (C=O) groups is 2. The monoisotopic (exact) mass is 494 g/mol. The smallest absolute Gasteiger partial charge is 0.337 e. The van der Waals surface area contributed by atoms with Crippen LogP contribution in [0.3, 0.4) is 0 Å². The minimum Gasteiger partial charge on any atom is -0.479 e. The molecule has 0 bridgehead atoms. The number of hydrogen-bond acceptors (Lipinski definition) is 4. The van der Waals surface area contributed by atoms with Gasteiger partial charge >= 0.3 is 5.97 Å². The number of aliphatic carboxylic acids is 1. The summed E-state index contributed by atoms with van der Waals surface area (Å²) in [5, 5.41) is 21.4. The maximum Gasteiger partial charge on any atom is 0.337 e. The SMILES string of the molecule is CC(=O)[C@@]1(C)CC[C@H]2[C@@H]3CC=C4CC(O)(OC(C(=O)O)c5ccc(C)cc5)CC[C@]4(C)[C@H]3CC[C@@]21C. The average molecular weight is 495 g/mol. The van der Waals surface area contributed by atoms with E-state index >= 15 is 0 Å². The molecule has 3 saturated carbocycles. The molecule has 196 valence electrons. The Hall–Kier alpha value is -1.98. The van der Waals surface area contributed by atoms with Crippen molar-refractivity contribution in [1.82, 2.24) is 0 Å². The van der Waals surface area contributed by atoms with Crippen molar-refractivity contribution >= 4 is 11.8 Å². The molecule has 0 radical (unpaired) electrons. The first-order chi connectivity index (χ1) is 16.8. The van der Waals surface area contributed by atoms with Gasteiger partial charge in [-0.15, -0.1) is 0 Å². The lowest BCUT2D eigenvalue weighted by Crippen LogP contribution is -2.54. The standard InChI is InChI=1S/C31H42O5/c1-19-6-8-21(9-7-19)26(27(33)34)36-31(35)17-16-28(3)22(18-31)10-11-23-24(28)12-15-30(5)25(23)13-14-29(30,4)20(2)32/h6-10,23-26,35H,11-18H2,1-5H3,(H,33,34)/t23-,24+,25+,26?,28+,29-,30+,31?/m1/s1. The van der Waals surface area contributed by atoms with Gasteiger partial charge in [-0.3, -0.25) is 4.79 Å². The van der Waals surface area contributed by atoms with Gasteiger partial charge < -0.3 is 14.9 Å². The van der Waals surface area contributed by atoms with E-state index in [1.54, 1.807) is 19.1 Å². The Balaban J connectivity index is 1.38. The van der Waals surface area contributed by atoms with E-state index in [9.17, 15) is 19.8 Å². The molecule has 5 rings (SSSR count). The van der Waals surface area contributed by atoms with E-state index in [-0.39, 0.29) is 16.2 Å². The molecule has 2 unspecified atom stereocenters. The molecule has 5 nitrogen and oxygen atoms in total. The van der Waals surface area contributed by atoms with Crippen molar-refractivity contribution in [3.63, 3.8) is 0 Å². The van der Waals surface area contributed by atoms with Gasteiger partial charge in [-0.2, -0.15) is 0 Å². The van der Waals surface area contributed by atoms with Gasteiger partial charge in [0.15, 0.2) is 11.9 Å². The summed E-state index contributed by atoms with van der Waals surface area (Å²) in [5.41, 5.74) is 2.64. The van der Waals surface area contributed by atoms with Crippen LogP contribution in [0.2, 0.25) is 0 Å². The first-order valence-corrected chi connectivity index (χ1v) is 13.7. The van der Waals surface area contributed by atoms with Crippen LogP contribution >= 0.6 is 0 Å². The fraction of sp³-hybridized carbons (Fsp3) is 0.677. The summed E-state index contributed by atoms with van der Waals surface area (Å²) in [6.45, 7) is 10.7. The topological polar surface area (TPSA) is 83.8 Å². The van der Waals surface area contributed by atoms with E-state index in [4.69, 9.17) is 4.74 Å². The second-order valence-corrected chi connectivity index (χ2v) is 13.0. The summed E-state index contributed by atoms with van der Waals surface area (Å²) in [5.74, 6) is -0.595. The number of allylic oxidation sites excluding steroid dienone is 1. The molecule has 0 aliphatic heterocycles. The molecule has 4 aliphatic rings. The molecule has 2 N–H and O–H groups in total. The van der Waals surface area contributed by atoms with Crippen LogP contribution in [0.15, 0.2) is 35.9 Å². The van der Waals surface area contributed by atoms with Crippen molar-refractivity contribution in [2.24, 2.45) is 34.0 Å². The number of ether oxygens (including phenoxy) is 1. The maximum atomic E-state index is 12.7. The summed E-state index contributed by atoms with van der Waals surface area (Å²) >= 11 is 0. The van der Waals surface area contributed by atoms with Gasteiger partial charge in [0, 0.05) is 18.3 Å². The Morgan fingerprint density at radius 2 is 1.67 bits per heavy atom. The molecule has 8 atom stereocenters. The lowest BCUT2D eigenvalue weighted by Gasteiger charge is -2.60. The lowest BCUT2D eigenvalue weighted by atomic mass is 9.45. The average Bonchev–Trinajstić information content (AvgIpc) is 3.11. The number of carboxylic acids is 1. The largest absolute Gasteiger partial charge is 0.479 e. The highest BCUT2D eigenvalue weighted by molar-refractivity contribution is 5.83. The van der Waals surface area contributed by atoms with Gasteiger partial charge in [0.05, 0.1) is 0 Å². The summed E-state index contributed by atoms with van der Waals surface area (Å²) in [7, 11) is 0. The highest BCUT2D eigenvalue weighted by Crippen LogP contribution is 2.70. The number of ketones is 1. The van der Waals surface area contributed by atoms with Crippen LogP contribution in [0.5, 0.6) is 0 Å². The van der Waals surface area contributed by atoms with Crippen LogP contribution in [0.25, 0.3) is 0 Å². The van der Waals surface area contributed by atoms with Gasteiger partial charge in [0.2, 0.25) is 0 Å². The number of aliphatic hydroxyl groups is 1. The summed E-state index contributed by atoms with van der Waals surface area (Å²) in [4.78, 5) is 24.8. The third-order valence-corrected chi connectivity index (χ3v) is 11.5. The minimum atomic E-state index is -1.49. The highest BCUT2D eigenvalue weighted by atomic mass is 16.6. The maximum absolute atomic E-state index is 12.7. The molecule has 0 saturated heterocycles. The lowest BCUT2D eigenvalue weighted by molar-refractivity contribution is -0.252. The third-order valence-electron chi connectivity index (χ3n) is 11.5. The van der Waals surface area contributed by atoms with Crippen LogP contribution < -0.4 is 0 Å². The Labute approximate surface area is 215 Å². The van der Waals surface area contributed by atoms with Crippen molar-refractivity contribution in [1.29, 1.82) is 0 Å². The zero-order valence-electron chi connectivity index (χ0n) is 22.5. The van der Waals surface area contributed by atoms with E-state index < -0.39 is 17.9 Å². The molecule has 1 aromatic rings. The first kappa shape index (κ1) is 25.7. The van der Waals surface area contributed by atoms with E-state index in [0.29, 0.717) is 41.9 Å². The molecular weight excluding hydrogens is 452 g/mol. The molecule has 0 heterocycles. The zero-order valence-corrected chi connectivity index (χ0v) is 22.5. The number of carbonyl (C=O) groups excluding carboxylic acids is 1. The molecule has 0 spiro atoms. The Kier molecular flexibility index (Phi) is 6.08. The molecule has 36 heavy (non-hydrogen) atoms. The number of rotatable bonds is 5. The van der Waals surface area contributed by atoms with Crippen molar-refractivity contribution in [3.8, 4) is 0 Å². The van der Waals surface area contributed by atoms with Crippen molar-refractivity contribution in [2.45, 2.75) is 97.9 Å². The Morgan fingerprint density at radius 3 is 2.31 bits per heavy atom. The van der Waals surface area contributed by atoms with Crippen molar-refractivity contribution in [3.05, 3.63) is 47.0 Å². The van der Waals surface area contributed by atoms with E-state index in [1.807, 2.05) is 19.1 Å². The molecule has 4 aliphatic carbocycles. The second kappa shape index (κ2) is 8.52. The van der Waals surface area contributed by atoms with Crippen LogP contribution in [-0.2, 0) is 14.3 Å². The number of aryl methyl sites for hydroxylation is 1. The normalized spacial score (nSPS) is 42.5. The molecular formula is C31H42O5. The van der Waals surface area contributed by atoms with Crippen LogP contribution in [0.1, 0.15) is 96.3 Å². The molecule has 3 fully saturated rings. The van der Waals surface area contributed by atoms with Gasteiger partial charge in [0.25, 0.3) is 0 Å². The fourth-order valence-electron chi connectivity index (χ4n) is 8.79. The van der Waals surface area contributed by atoms with Crippen molar-refractivity contribution in [2.75, 3.05) is 0 Å². The van der Waals surface area contributed by atoms with Crippen LogP contribution in [-0.4, -0.2) is 27.8 Å². The van der Waals surface area contributed by atoms with E-state index in [2.05, 4.69) is 26.8 Å². The van der Waals surface area contributed by atoms with Crippen molar-refractivity contribution < 1.29 is 24.5 Å². The zero-order chi connectivity index (χ0) is 26.1. The number of hydrogen-bond donors (Lipinski definition) is 2. The van der Waals surface area contributed by atoms with Gasteiger partial charge in [-0.05, 0) is 86.5 Å². The number of benzene rings is 1. The Bertz CT molecular complexity index is 1090. The first-order valence-electron chi connectivity index (χ1n) is 13.7. The fourth-order valence-corrected chi connectivity index (χ4v) is 8.79. The van der Waals surface area contributed by atoms with Gasteiger partial charge in [0.1, 0.15) is 5.78 Å². The summed E-state index contributed by atoms with van der Waals surface area (Å²) < 4.78 is 6.01. The number of Topliss-reactive ketones (excluding diaryl/α,β-unsaturated/α-hetero) is 1. The van der Waals surface area contributed by atoms with Crippen LogP contribution in [0.4, 0.5) is 0 Å². The summed E-state index contributed by atoms with van der Waals surface area (Å²) in [6, 6.07) is 7.28. The molecule has 1 aromatic carbocycles. The number of carboxylic acid groups (broad SMARTS) is 1. The van der Waals surface area contributed by atoms with Gasteiger partial charge in [-0.25, -0.2) is 4.79 Å².